The van der Waals surface area contributed by atoms with Crippen molar-refractivity contribution in [3.63, 3.8) is 0 Å². The number of pyridine rings is 1. The van der Waals surface area contributed by atoms with E-state index in [-0.39, 0.29) is 0 Å². The SMILES string of the molecule is CCOc1cccnc1Oc1c(C)cc(CN)cc1C. The van der Waals surface area contributed by atoms with Gasteiger partial charge in [0.1, 0.15) is 5.75 Å². The Bertz CT molecular complexity index is 574. The smallest absolute Gasteiger partial charge is 0.262 e. The first kappa shape index (κ1) is 14.3. The first-order chi connectivity index (χ1) is 9.65. The molecule has 4 nitrogen and oxygen atoms in total. The van der Waals surface area contributed by atoms with Crippen molar-refractivity contribution in [2.75, 3.05) is 6.61 Å². The van der Waals surface area contributed by atoms with Crippen LogP contribution in [0.5, 0.6) is 17.4 Å². The van der Waals surface area contributed by atoms with Gasteiger partial charge >= 0.3 is 0 Å². The third-order valence-corrected chi connectivity index (χ3v) is 2.99. The summed E-state index contributed by atoms with van der Waals surface area (Å²) in [7, 11) is 0. The summed E-state index contributed by atoms with van der Waals surface area (Å²) in [6, 6.07) is 7.75. The fraction of sp³-hybridized carbons (Fsp3) is 0.312. The van der Waals surface area contributed by atoms with Gasteiger partial charge in [0, 0.05) is 12.7 Å². The van der Waals surface area contributed by atoms with Gasteiger partial charge in [-0.15, -0.1) is 0 Å². The highest BCUT2D eigenvalue weighted by atomic mass is 16.5. The highest BCUT2D eigenvalue weighted by Crippen LogP contribution is 2.33. The number of hydrogen-bond acceptors (Lipinski definition) is 4. The maximum absolute atomic E-state index is 5.95. The van der Waals surface area contributed by atoms with Crippen molar-refractivity contribution in [1.82, 2.24) is 4.98 Å². The molecule has 2 aromatic rings. The standard InChI is InChI=1S/C16H20N2O2/c1-4-19-14-6-5-7-18-16(14)20-15-11(2)8-13(10-17)9-12(15)3/h5-9H,4,10,17H2,1-3H3. The molecule has 0 bridgehead atoms. The second-order valence-corrected chi connectivity index (χ2v) is 4.60. The molecule has 0 aliphatic heterocycles. The number of nitrogens with two attached hydrogens (primary N) is 1. The maximum Gasteiger partial charge on any atom is 0.262 e. The van der Waals surface area contributed by atoms with Gasteiger partial charge in [-0.3, -0.25) is 0 Å². The molecule has 0 aliphatic carbocycles. The van der Waals surface area contributed by atoms with E-state index in [1.807, 2.05) is 45.0 Å². The Hall–Kier alpha value is -2.07. The van der Waals surface area contributed by atoms with E-state index in [2.05, 4.69) is 4.98 Å². The minimum atomic E-state index is 0.487. The van der Waals surface area contributed by atoms with Crippen molar-refractivity contribution in [3.8, 4) is 17.4 Å². The fourth-order valence-electron chi connectivity index (χ4n) is 2.13. The molecule has 0 spiro atoms. The molecule has 1 aromatic carbocycles. The number of nitrogens with zero attached hydrogens (tertiary/aromatic N) is 1. The lowest BCUT2D eigenvalue weighted by Crippen LogP contribution is -2.01. The summed E-state index contributed by atoms with van der Waals surface area (Å²) in [6.07, 6.45) is 1.69. The van der Waals surface area contributed by atoms with E-state index >= 15 is 0 Å². The van der Waals surface area contributed by atoms with Gasteiger partial charge < -0.3 is 15.2 Å². The van der Waals surface area contributed by atoms with Crippen LogP contribution in [0.15, 0.2) is 30.5 Å². The molecule has 106 valence electrons. The van der Waals surface area contributed by atoms with Crippen molar-refractivity contribution in [2.24, 2.45) is 5.73 Å². The number of rotatable bonds is 5. The van der Waals surface area contributed by atoms with Gasteiger partial charge in [0.2, 0.25) is 0 Å². The van der Waals surface area contributed by atoms with E-state index in [0.29, 0.717) is 24.8 Å². The number of ether oxygens (including phenoxy) is 2. The lowest BCUT2D eigenvalue weighted by molar-refractivity contribution is 0.315. The molecular weight excluding hydrogens is 252 g/mol. The molecule has 2 N–H and O–H groups in total. The zero-order chi connectivity index (χ0) is 14.5. The van der Waals surface area contributed by atoms with Crippen molar-refractivity contribution in [3.05, 3.63) is 47.2 Å². The summed E-state index contributed by atoms with van der Waals surface area (Å²) in [5.74, 6) is 1.94. The molecule has 4 heteroatoms. The molecule has 2 rings (SSSR count). The summed E-state index contributed by atoms with van der Waals surface area (Å²) >= 11 is 0. The van der Waals surface area contributed by atoms with E-state index < -0.39 is 0 Å². The van der Waals surface area contributed by atoms with Crippen LogP contribution in [-0.4, -0.2) is 11.6 Å². The van der Waals surface area contributed by atoms with Crippen LogP contribution in [-0.2, 0) is 6.54 Å². The van der Waals surface area contributed by atoms with Crippen LogP contribution in [0.25, 0.3) is 0 Å². The Morgan fingerprint density at radius 1 is 1.20 bits per heavy atom. The zero-order valence-corrected chi connectivity index (χ0v) is 12.1. The van der Waals surface area contributed by atoms with Crippen molar-refractivity contribution < 1.29 is 9.47 Å². The summed E-state index contributed by atoms with van der Waals surface area (Å²) in [5, 5.41) is 0. The van der Waals surface area contributed by atoms with Gasteiger partial charge in [0.15, 0.2) is 5.75 Å². The molecule has 0 unspecified atom stereocenters. The molecule has 1 aromatic heterocycles. The van der Waals surface area contributed by atoms with Crippen LogP contribution in [0.1, 0.15) is 23.6 Å². The number of aromatic nitrogens is 1. The Labute approximate surface area is 119 Å². The Morgan fingerprint density at radius 3 is 2.50 bits per heavy atom. The maximum atomic E-state index is 5.95. The van der Waals surface area contributed by atoms with Crippen molar-refractivity contribution in [2.45, 2.75) is 27.3 Å². The fourth-order valence-corrected chi connectivity index (χ4v) is 2.13. The number of benzene rings is 1. The summed E-state index contributed by atoms with van der Waals surface area (Å²) in [6.45, 7) is 7.04. The predicted molar refractivity (Wildman–Crippen MR) is 79.3 cm³/mol. The molecule has 1 heterocycles. The first-order valence-electron chi connectivity index (χ1n) is 6.71. The quantitative estimate of drug-likeness (QED) is 0.906. The number of hydrogen-bond donors (Lipinski definition) is 1. The molecule has 0 saturated carbocycles. The summed E-state index contributed by atoms with van der Waals surface area (Å²) < 4.78 is 11.5. The minimum Gasteiger partial charge on any atom is -0.488 e. The zero-order valence-electron chi connectivity index (χ0n) is 12.1. The highest BCUT2D eigenvalue weighted by molar-refractivity contribution is 5.47. The van der Waals surface area contributed by atoms with E-state index in [0.717, 1.165) is 22.4 Å². The molecule has 20 heavy (non-hydrogen) atoms. The second kappa shape index (κ2) is 6.39. The van der Waals surface area contributed by atoms with Crippen LogP contribution in [0.2, 0.25) is 0 Å². The van der Waals surface area contributed by atoms with Crippen molar-refractivity contribution in [1.29, 1.82) is 0 Å². The Morgan fingerprint density at radius 2 is 1.90 bits per heavy atom. The molecule has 0 radical (unpaired) electrons. The molecule has 0 atom stereocenters. The van der Waals surface area contributed by atoms with Crippen molar-refractivity contribution >= 4 is 0 Å². The third kappa shape index (κ3) is 3.08. The van der Waals surface area contributed by atoms with Gasteiger partial charge in [-0.05, 0) is 49.6 Å². The average molecular weight is 272 g/mol. The van der Waals surface area contributed by atoms with Gasteiger partial charge in [-0.1, -0.05) is 12.1 Å². The molecular formula is C16H20N2O2. The topological polar surface area (TPSA) is 57.4 Å². The van der Waals surface area contributed by atoms with Gasteiger partial charge in [-0.25, -0.2) is 4.98 Å². The number of aryl methyl sites for hydroxylation is 2. The minimum absolute atomic E-state index is 0.487. The molecule has 0 saturated heterocycles. The van der Waals surface area contributed by atoms with Crippen LogP contribution in [0.4, 0.5) is 0 Å². The van der Waals surface area contributed by atoms with Gasteiger partial charge in [-0.2, -0.15) is 0 Å². The Balaban J connectivity index is 2.35. The van der Waals surface area contributed by atoms with Crippen LogP contribution in [0.3, 0.4) is 0 Å². The highest BCUT2D eigenvalue weighted by Gasteiger charge is 2.11. The van der Waals surface area contributed by atoms with Gasteiger partial charge in [0.25, 0.3) is 5.88 Å². The average Bonchev–Trinajstić information content (AvgIpc) is 2.44. The third-order valence-electron chi connectivity index (χ3n) is 2.99. The normalized spacial score (nSPS) is 10.4. The molecule has 0 aliphatic rings. The van der Waals surface area contributed by atoms with E-state index in [4.69, 9.17) is 15.2 Å². The first-order valence-corrected chi connectivity index (χ1v) is 6.71. The monoisotopic (exact) mass is 272 g/mol. The molecule has 0 amide bonds. The van der Waals surface area contributed by atoms with E-state index in [1.54, 1.807) is 6.20 Å². The van der Waals surface area contributed by atoms with E-state index in [9.17, 15) is 0 Å². The molecule has 0 fully saturated rings. The lowest BCUT2D eigenvalue weighted by Gasteiger charge is -2.14. The van der Waals surface area contributed by atoms with Crippen LogP contribution >= 0.6 is 0 Å². The largest absolute Gasteiger partial charge is 0.488 e. The van der Waals surface area contributed by atoms with Crippen LogP contribution in [0, 0.1) is 13.8 Å². The second-order valence-electron chi connectivity index (χ2n) is 4.60. The summed E-state index contributed by atoms with van der Waals surface area (Å²) in [5.41, 5.74) is 8.86. The predicted octanol–water partition coefficient (Wildman–Crippen LogP) is 3.35. The lowest BCUT2D eigenvalue weighted by atomic mass is 10.1. The van der Waals surface area contributed by atoms with E-state index in [1.165, 1.54) is 0 Å². The summed E-state index contributed by atoms with van der Waals surface area (Å²) in [4.78, 5) is 4.25. The van der Waals surface area contributed by atoms with Gasteiger partial charge in [0.05, 0.1) is 6.61 Å². The van der Waals surface area contributed by atoms with Crippen LogP contribution < -0.4 is 15.2 Å². The Kier molecular flexibility index (Phi) is 4.58.